The van der Waals surface area contributed by atoms with Crippen molar-refractivity contribution in [3.63, 3.8) is 0 Å². The summed E-state index contributed by atoms with van der Waals surface area (Å²) in [4.78, 5) is 14.5. The smallest absolute Gasteiger partial charge is 0.227 e. The summed E-state index contributed by atoms with van der Waals surface area (Å²) >= 11 is 0. The number of rotatable bonds is 4. The highest BCUT2D eigenvalue weighted by Crippen LogP contribution is 2.42. The van der Waals surface area contributed by atoms with Crippen LogP contribution >= 0.6 is 0 Å². The zero-order chi connectivity index (χ0) is 21.8. The van der Waals surface area contributed by atoms with Crippen molar-refractivity contribution >= 4 is 5.91 Å². The van der Waals surface area contributed by atoms with Crippen LogP contribution in [-0.2, 0) is 4.79 Å². The van der Waals surface area contributed by atoms with E-state index in [1.807, 2.05) is 48.5 Å². The van der Waals surface area contributed by atoms with Gasteiger partial charge in [-0.05, 0) is 48.7 Å². The van der Waals surface area contributed by atoms with Crippen LogP contribution in [0, 0.1) is 29.1 Å². The van der Waals surface area contributed by atoms with E-state index in [1.54, 1.807) is 12.0 Å². The fourth-order valence-electron chi connectivity index (χ4n) is 4.73. The van der Waals surface area contributed by atoms with E-state index in [0.29, 0.717) is 0 Å². The van der Waals surface area contributed by atoms with E-state index in [-0.39, 0.29) is 30.4 Å². The van der Waals surface area contributed by atoms with Gasteiger partial charge in [0.25, 0.3) is 0 Å². The quantitative estimate of drug-likeness (QED) is 0.778. The summed E-state index contributed by atoms with van der Waals surface area (Å²) in [5.41, 5.74) is 2.68. The first-order valence-corrected chi connectivity index (χ1v) is 10.7. The molecule has 2 aromatic carbocycles. The lowest BCUT2D eigenvalue weighted by Gasteiger charge is -2.52. The lowest BCUT2D eigenvalue weighted by Crippen LogP contribution is -2.66. The van der Waals surface area contributed by atoms with Gasteiger partial charge in [-0.25, -0.2) is 0 Å². The van der Waals surface area contributed by atoms with Crippen molar-refractivity contribution in [2.24, 2.45) is 5.92 Å². The van der Waals surface area contributed by atoms with Gasteiger partial charge < -0.3 is 14.7 Å². The minimum atomic E-state index is -0.529. The van der Waals surface area contributed by atoms with Crippen LogP contribution in [0.4, 0.5) is 0 Å². The van der Waals surface area contributed by atoms with E-state index >= 15 is 0 Å². The van der Waals surface area contributed by atoms with Crippen molar-refractivity contribution < 1.29 is 14.6 Å². The van der Waals surface area contributed by atoms with Gasteiger partial charge in [0, 0.05) is 23.0 Å². The van der Waals surface area contributed by atoms with Crippen LogP contribution in [0.25, 0.3) is 0 Å². The van der Waals surface area contributed by atoms with Gasteiger partial charge in [-0.3, -0.25) is 4.79 Å². The summed E-state index contributed by atoms with van der Waals surface area (Å²) < 4.78 is 5.22. The van der Waals surface area contributed by atoms with Crippen molar-refractivity contribution in [3.05, 3.63) is 65.2 Å². The summed E-state index contributed by atoms with van der Waals surface area (Å²) in [6, 6.07) is 16.8. The fourth-order valence-corrected chi connectivity index (χ4v) is 4.73. The van der Waals surface area contributed by atoms with Crippen molar-refractivity contribution in [2.45, 2.75) is 43.7 Å². The molecule has 1 heterocycles. The topological polar surface area (TPSA) is 73.6 Å². The third kappa shape index (κ3) is 4.15. The number of hydrogen-bond donors (Lipinski definition) is 1. The predicted molar refractivity (Wildman–Crippen MR) is 117 cm³/mol. The first-order valence-electron chi connectivity index (χ1n) is 10.7. The highest BCUT2D eigenvalue weighted by Gasteiger charge is 2.52. The molecule has 3 atom stereocenters. The van der Waals surface area contributed by atoms with Gasteiger partial charge in [-0.15, -0.1) is 0 Å². The molecule has 158 valence electrons. The second-order valence-corrected chi connectivity index (χ2v) is 8.18. The molecule has 1 N–H and O–H groups in total. The van der Waals surface area contributed by atoms with Crippen LogP contribution in [0.15, 0.2) is 48.5 Å². The number of aliphatic hydroxyl groups excluding tert-OH is 1. The fraction of sp³-hybridized carbons (Fsp3) is 0.385. The number of nitriles is 1. The summed E-state index contributed by atoms with van der Waals surface area (Å²) in [6.45, 7) is -0.140. The molecule has 1 amide bonds. The maximum Gasteiger partial charge on any atom is 0.227 e. The van der Waals surface area contributed by atoms with Gasteiger partial charge in [0.1, 0.15) is 11.8 Å². The van der Waals surface area contributed by atoms with E-state index in [0.717, 1.165) is 48.1 Å². The van der Waals surface area contributed by atoms with E-state index in [2.05, 4.69) is 17.9 Å². The number of ether oxygens (including phenoxy) is 1. The molecule has 2 fully saturated rings. The lowest BCUT2D eigenvalue weighted by atomic mass is 9.75. The summed E-state index contributed by atoms with van der Waals surface area (Å²) in [5, 5.41) is 19.7. The van der Waals surface area contributed by atoms with Crippen LogP contribution in [0.5, 0.6) is 5.75 Å². The highest BCUT2D eigenvalue weighted by molar-refractivity contribution is 5.82. The third-order valence-corrected chi connectivity index (χ3v) is 6.41. The molecule has 1 saturated heterocycles. The number of carbonyl (C=O) groups excluding carboxylic acids is 1. The molecule has 1 aliphatic carbocycles. The van der Waals surface area contributed by atoms with Crippen molar-refractivity contribution in [1.29, 1.82) is 5.26 Å². The number of aliphatic hydroxyl groups is 1. The Morgan fingerprint density at radius 2 is 1.84 bits per heavy atom. The van der Waals surface area contributed by atoms with Gasteiger partial charge in [-0.2, -0.15) is 5.26 Å². The average Bonchev–Trinajstić information content (AvgIpc) is 3.34. The molecule has 0 radical (unpaired) electrons. The molecule has 1 saturated carbocycles. The minimum absolute atomic E-state index is 0.000103. The molecule has 5 nitrogen and oxygen atoms in total. The van der Waals surface area contributed by atoms with E-state index in [1.165, 1.54) is 0 Å². The molecular formula is C26H26N2O3. The van der Waals surface area contributed by atoms with Crippen molar-refractivity contribution in [2.75, 3.05) is 13.7 Å². The Morgan fingerprint density at radius 1 is 1.13 bits per heavy atom. The van der Waals surface area contributed by atoms with Crippen LogP contribution in [0.2, 0.25) is 0 Å². The number of methoxy groups -OCH3 is 1. The molecule has 5 heteroatoms. The molecule has 0 aromatic heterocycles. The number of amides is 1. The Morgan fingerprint density at radius 3 is 2.48 bits per heavy atom. The largest absolute Gasteiger partial charge is 0.497 e. The summed E-state index contributed by atoms with van der Waals surface area (Å²) in [5.74, 6) is 6.89. The number of hydrogen-bond acceptors (Lipinski definition) is 4. The molecule has 1 aliphatic heterocycles. The zero-order valence-electron chi connectivity index (χ0n) is 17.6. The Balaban J connectivity index is 1.50. The lowest BCUT2D eigenvalue weighted by molar-refractivity contribution is -0.151. The number of likely N-dealkylation sites (tertiary alicyclic amines) is 1. The molecule has 0 unspecified atom stereocenters. The molecule has 4 rings (SSSR count). The molecule has 2 aromatic rings. The molecule has 0 bridgehead atoms. The molecular weight excluding hydrogens is 388 g/mol. The first-order chi connectivity index (χ1) is 15.2. The van der Waals surface area contributed by atoms with Gasteiger partial charge in [-0.1, -0.05) is 42.9 Å². The predicted octanol–water partition coefficient (Wildman–Crippen LogP) is 3.46. The number of benzene rings is 2. The van der Waals surface area contributed by atoms with Gasteiger partial charge in [0.2, 0.25) is 5.91 Å². The van der Waals surface area contributed by atoms with Crippen LogP contribution < -0.4 is 4.74 Å². The normalized spacial score (nSPS) is 22.7. The van der Waals surface area contributed by atoms with Crippen molar-refractivity contribution in [1.82, 2.24) is 4.90 Å². The Bertz CT molecular complexity index is 1040. The Labute approximate surface area is 183 Å². The van der Waals surface area contributed by atoms with Crippen LogP contribution in [0.1, 0.15) is 48.3 Å². The summed E-state index contributed by atoms with van der Waals surface area (Å²) in [7, 11) is 1.63. The van der Waals surface area contributed by atoms with E-state index in [4.69, 9.17) is 4.74 Å². The van der Waals surface area contributed by atoms with Gasteiger partial charge in [0.05, 0.1) is 25.8 Å². The molecule has 31 heavy (non-hydrogen) atoms. The maximum absolute atomic E-state index is 12.9. The van der Waals surface area contributed by atoms with Gasteiger partial charge >= 0.3 is 0 Å². The monoisotopic (exact) mass is 414 g/mol. The Kier molecular flexibility index (Phi) is 6.26. The minimum Gasteiger partial charge on any atom is -0.497 e. The summed E-state index contributed by atoms with van der Waals surface area (Å²) in [6.07, 6.45) is 3.90. The molecule has 2 aliphatic rings. The average molecular weight is 415 g/mol. The van der Waals surface area contributed by atoms with Crippen molar-refractivity contribution in [3.8, 4) is 23.7 Å². The first kappa shape index (κ1) is 21.0. The van der Waals surface area contributed by atoms with Crippen LogP contribution in [0.3, 0.4) is 0 Å². The number of nitrogens with zero attached hydrogens (tertiary/aromatic N) is 2. The Hall–Kier alpha value is -3.28. The van der Waals surface area contributed by atoms with E-state index in [9.17, 15) is 15.2 Å². The number of carbonyl (C=O) groups is 1. The SMILES string of the molecule is COc1cccc(C#Cc2ccc([C@@H]3[C@@H](C#N)N(C(=O)C4CCCC4)[C@@H]3CO)cc2)c1. The maximum atomic E-state index is 12.9. The highest BCUT2D eigenvalue weighted by atomic mass is 16.5. The second kappa shape index (κ2) is 9.25. The zero-order valence-corrected chi connectivity index (χ0v) is 17.6. The third-order valence-electron chi connectivity index (χ3n) is 6.41. The molecule has 0 spiro atoms. The van der Waals surface area contributed by atoms with Gasteiger partial charge in [0.15, 0.2) is 0 Å². The van der Waals surface area contributed by atoms with E-state index < -0.39 is 6.04 Å². The second-order valence-electron chi connectivity index (χ2n) is 8.18. The standard InChI is InChI=1S/C26H26N2O3/c1-31-22-8-4-5-19(15-22)10-9-18-11-13-20(14-12-18)25-23(16-27)28(24(25)17-29)26(30)21-6-2-3-7-21/h4-5,8,11-15,21,23-25,29H,2-3,6-7,17H2,1H3/t23-,24-,25-/m1/s1. The van der Waals surface area contributed by atoms with Crippen LogP contribution in [-0.4, -0.2) is 41.7 Å².